The summed E-state index contributed by atoms with van der Waals surface area (Å²) in [6.07, 6.45) is 0. The van der Waals surface area contributed by atoms with Gasteiger partial charge in [-0.15, -0.1) is 0 Å². The van der Waals surface area contributed by atoms with E-state index in [4.69, 9.17) is 23.2 Å². The lowest BCUT2D eigenvalue weighted by molar-refractivity contribution is 0.102. The van der Waals surface area contributed by atoms with Crippen LogP contribution in [-0.4, -0.2) is 10.9 Å². The highest BCUT2D eigenvalue weighted by atomic mass is 79.9. The van der Waals surface area contributed by atoms with Gasteiger partial charge in [-0.05, 0) is 48.5 Å². The molecule has 6 heteroatoms. The lowest BCUT2D eigenvalue weighted by Crippen LogP contribution is -2.13. The van der Waals surface area contributed by atoms with Crippen LogP contribution in [0.15, 0.2) is 77.3 Å². The van der Waals surface area contributed by atoms with Gasteiger partial charge in [0.15, 0.2) is 0 Å². The molecule has 0 atom stereocenters. The number of anilines is 1. The summed E-state index contributed by atoms with van der Waals surface area (Å²) in [5.41, 5.74) is 3.26. The van der Waals surface area contributed by atoms with Crippen LogP contribution < -0.4 is 5.32 Å². The number of carbonyl (C=O) groups excluding carboxylic acids is 1. The molecule has 0 radical (unpaired) electrons. The summed E-state index contributed by atoms with van der Waals surface area (Å²) in [6, 6.07) is 21.9. The molecule has 0 bridgehead atoms. The average Bonchev–Trinajstić information content (AvgIpc) is 2.67. The molecule has 0 aliphatic heterocycles. The van der Waals surface area contributed by atoms with E-state index in [-0.39, 0.29) is 5.91 Å². The van der Waals surface area contributed by atoms with E-state index in [0.717, 1.165) is 9.86 Å². The number of benzene rings is 3. The van der Waals surface area contributed by atoms with Crippen molar-refractivity contribution in [2.75, 3.05) is 5.32 Å². The zero-order chi connectivity index (χ0) is 19.7. The van der Waals surface area contributed by atoms with Crippen molar-refractivity contribution < 1.29 is 4.79 Å². The quantitative estimate of drug-likeness (QED) is 0.342. The molecule has 4 aromatic rings. The average molecular weight is 472 g/mol. The van der Waals surface area contributed by atoms with E-state index in [1.165, 1.54) is 0 Å². The van der Waals surface area contributed by atoms with Crippen LogP contribution >= 0.6 is 39.1 Å². The first-order chi connectivity index (χ1) is 13.5. The van der Waals surface area contributed by atoms with Gasteiger partial charge in [-0.3, -0.25) is 4.79 Å². The van der Waals surface area contributed by atoms with Gasteiger partial charge in [0.1, 0.15) is 0 Å². The fourth-order valence-electron chi connectivity index (χ4n) is 2.96. The van der Waals surface area contributed by atoms with Gasteiger partial charge >= 0.3 is 0 Å². The second-order valence-corrected chi connectivity index (χ2v) is 7.92. The normalized spacial score (nSPS) is 10.8. The maximum absolute atomic E-state index is 13.1. The zero-order valence-electron chi connectivity index (χ0n) is 14.4. The molecule has 0 saturated heterocycles. The van der Waals surface area contributed by atoms with Gasteiger partial charge in [0, 0.05) is 26.1 Å². The van der Waals surface area contributed by atoms with E-state index in [1.807, 2.05) is 48.5 Å². The van der Waals surface area contributed by atoms with E-state index in [1.54, 1.807) is 24.3 Å². The van der Waals surface area contributed by atoms with Crippen molar-refractivity contribution in [2.45, 2.75) is 0 Å². The number of hydrogen-bond donors (Lipinski definition) is 1. The first-order valence-electron chi connectivity index (χ1n) is 8.43. The number of halogens is 3. The summed E-state index contributed by atoms with van der Waals surface area (Å²) in [5.74, 6) is -0.219. The predicted molar refractivity (Wildman–Crippen MR) is 119 cm³/mol. The topological polar surface area (TPSA) is 42.0 Å². The van der Waals surface area contributed by atoms with Gasteiger partial charge in [0.05, 0.1) is 21.8 Å². The Morgan fingerprint density at radius 1 is 0.929 bits per heavy atom. The maximum atomic E-state index is 13.1. The molecule has 3 nitrogen and oxygen atoms in total. The Morgan fingerprint density at radius 2 is 1.75 bits per heavy atom. The summed E-state index contributed by atoms with van der Waals surface area (Å²) in [6.45, 7) is 0. The number of para-hydroxylation sites is 1. The van der Waals surface area contributed by atoms with Crippen LogP contribution in [0.5, 0.6) is 0 Å². The smallest absolute Gasteiger partial charge is 0.256 e. The molecule has 0 unspecified atom stereocenters. The van der Waals surface area contributed by atoms with Crippen LogP contribution in [-0.2, 0) is 0 Å². The number of nitrogens with one attached hydrogen (secondary N) is 1. The van der Waals surface area contributed by atoms with Crippen LogP contribution in [0.3, 0.4) is 0 Å². The molecule has 0 aliphatic carbocycles. The standard InChI is InChI=1S/C22H13BrCl2N2O/c23-13-4-3-5-15(10-13)26-22(28)18-12-21(17-9-8-14(24)11-19(17)25)27-20-7-2-1-6-16(18)20/h1-12H,(H,26,28). The summed E-state index contributed by atoms with van der Waals surface area (Å²) < 4.78 is 0.888. The molecule has 1 amide bonds. The zero-order valence-corrected chi connectivity index (χ0v) is 17.5. The van der Waals surface area contributed by atoms with Gasteiger partial charge in [-0.1, -0.05) is 63.4 Å². The first-order valence-corrected chi connectivity index (χ1v) is 9.98. The molecule has 28 heavy (non-hydrogen) atoms. The van der Waals surface area contributed by atoms with Crippen molar-refractivity contribution in [3.8, 4) is 11.3 Å². The Hall–Kier alpha value is -2.40. The molecule has 1 heterocycles. The minimum absolute atomic E-state index is 0.219. The highest BCUT2D eigenvalue weighted by Crippen LogP contribution is 2.32. The van der Waals surface area contributed by atoms with E-state index >= 15 is 0 Å². The minimum atomic E-state index is -0.219. The third kappa shape index (κ3) is 3.90. The Morgan fingerprint density at radius 3 is 2.54 bits per heavy atom. The van der Waals surface area contributed by atoms with Crippen molar-refractivity contribution in [2.24, 2.45) is 0 Å². The molecule has 1 N–H and O–H groups in total. The highest BCUT2D eigenvalue weighted by molar-refractivity contribution is 9.10. The SMILES string of the molecule is O=C(Nc1cccc(Br)c1)c1cc(-c2ccc(Cl)cc2Cl)nc2ccccc12. The number of amides is 1. The van der Waals surface area contributed by atoms with Gasteiger partial charge in [0.25, 0.3) is 5.91 Å². The van der Waals surface area contributed by atoms with E-state index < -0.39 is 0 Å². The number of hydrogen-bond acceptors (Lipinski definition) is 2. The van der Waals surface area contributed by atoms with Crippen molar-refractivity contribution in [1.29, 1.82) is 0 Å². The summed E-state index contributed by atoms with van der Waals surface area (Å²) in [4.78, 5) is 17.7. The number of nitrogens with zero attached hydrogens (tertiary/aromatic N) is 1. The van der Waals surface area contributed by atoms with Crippen LogP contribution in [0.25, 0.3) is 22.2 Å². The number of aromatic nitrogens is 1. The monoisotopic (exact) mass is 470 g/mol. The van der Waals surface area contributed by atoms with Gasteiger partial charge in [-0.2, -0.15) is 0 Å². The van der Waals surface area contributed by atoms with Gasteiger partial charge < -0.3 is 5.32 Å². The van der Waals surface area contributed by atoms with Crippen LogP contribution in [0, 0.1) is 0 Å². The Balaban J connectivity index is 1.83. The van der Waals surface area contributed by atoms with Crippen LogP contribution in [0.1, 0.15) is 10.4 Å². The molecule has 0 saturated carbocycles. The molecule has 0 fully saturated rings. The molecule has 4 rings (SSSR count). The van der Waals surface area contributed by atoms with Crippen molar-refractivity contribution >= 4 is 61.6 Å². The number of rotatable bonds is 3. The second-order valence-electron chi connectivity index (χ2n) is 6.16. The van der Waals surface area contributed by atoms with Gasteiger partial charge in [-0.25, -0.2) is 4.98 Å². The summed E-state index contributed by atoms with van der Waals surface area (Å²) in [7, 11) is 0. The highest BCUT2D eigenvalue weighted by Gasteiger charge is 2.15. The molecule has 0 spiro atoms. The van der Waals surface area contributed by atoms with E-state index in [2.05, 4.69) is 26.2 Å². The Bertz CT molecular complexity index is 1210. The Kier molecular flexibility index (Phi) is 5.36. The lowest BCUT2D eigenvalue weighted by Gasteiger charge is -2.12. The molecule has 3 aromatic carbocycles. The van der Waals surface area contributed by atoms with Gasteiger partial charge in [0.2, 0.25) is 0 Å². The summed E-state index contributed by atoms with van der Waals surface area (Å²) >= 11 is 15.8. The maximum Gasteiger partial charge on any atom is 0.256 e. The number of pyridine rings is 1. The summed E-state index contributed by atoms with van der Waals surface area (Å²) in [5, 5.41) is 4.73. The molecular formula is C22H13BrCl2N2O. The second kappa shape index (κ2) is 7.92. The van der Waals surface area contributed by atoms with Crippen molar-refractivity contribution in [3.05, 3.63) is 92.9 Å². The lowest BCUT2D eigenvalue weighted by atomic mass is 10.0. The fourth-order valence-corrected chi connectivity index (χ4v) is 3.87. The largest absolute Gasteiger partial charge is 0.322 e. The molecule has 138 valence electrons. The third-order valence-corrected chi connectivity index (χ3v) is 5.29. The van der Waals surface area contributed by atoms with E-state index in [9.17, 15) is 4.79 Å². The third-order valence-electron chi connectivity index (χ3n) is 4.25. The van der Waals surface area contributed by atoms with Crippen LogP contribution in [0.2, 0.25) is 10.0 Å². The molecular weight excluding hydrogens is 459 g/mol. The van der Waals surface area contributed by atoms with E-state index in [0.29, 0.717) is 38.1 Å². The van der Waals surface area contributed by atoms with Crippen molar-refractivity contribution in [3.63, 3.8) is 0 Å². The fraction of sp³-hybridized carbons (Fsp3) is 0. The number of carbonyl (C=O) groups is 1. The first kappa shape index (κ1) is 18.9. The predicted octanol–water partition coefficient (Wildman–Crippen LogP) is 7.22. The number of fused-ring (bicyclic) bond motifs is 1. The molecule has 0 aliphatic rings. The minimum Gasteiger partial charge on any atom is -0.322 e. The molecule has 1 aromatic heterocycles. The van der Waals surface area contributed by atoms with Crippen LogP contribution in [0.4, 0.5) is 5.69 Å². The van der Waals surface area contributed by atoms with Crippen molar-refractivity contribution in [1.82, 2.24) is 4.98 Å². The Labute approximate surface area is 180 Å².